The lowest BCUT2D eigenvalue weighted by Crippen LogP contribution is -2.46. The van der Waals surface area contributed by atoms with E-state index in [1.807, 2.05) is 26.0 Å². The van der Waals surface area contributed by atoms with Crippen molar-refractivity contribution in [2.75, 3.05) is 29.9 Å². The number of unbranched alkanes of at least 4 members (excludes halogenated alkanes) is 1. The van der Waals surface area contributed by atoms with Gasteiger partial charge in [0.15, 0.2) is 0 Å². The molecule has 0 aliphatic carbocycles. The molecule has 0 radical (unpaired) electrons. The SMILES string of the molecule is CCCCNC(=O)CN1C(=O)CNc2cc(C)c(C)cc21. The van der Waals surface area contributed by atoms with E-state index >= 15 is 0 Å². The molecule has 114 valence electrons. The Labute approximate surface area is 125 Å². The highest BCUT2D eigenvalue weighted by Gasteiger charge is 2.26. The largest absolute Gasteiger partial charge is 0.374 e. The van der Waals surface area contributed by atoms with Crippen molar-refractivity contribution in [2.24, 2.45) is 0 Å². The molecule has 0 atom stereocenters. The zero-order chi connectivity index (χ0) is 15.4. The van der Waals surface area contributed by atoms with Gasteiger partial charge < -0.3 is 10.6 Å². The summed E-state index contributed by atoms with van der Waals surface area (Å²) >= 11 is 0. The van der Waals surface area contributed by atoms with Gasteiger partial charge in [-0.05, 0) is 43.5 Å². The number of rotatable bonds is 5. The van der Waals surface area contributed by atoms with Crippen LogP contribution in [0.4, 0.5) is 11.4 Å². The third-order valence-corrected chi connectivity index (χ3v) is 3.79. The standard InChI is InChI=1S/C16H23N3O2/c1-4-5-6-17-15(20)10-19-14-8-12(3)11(2)7-13(14)18-9-16(19)21/h7-8,18H,4-6,9-10H2,1-3H3,(H,17,20). The number of aryl methyl sites for hydroxylation is 2. The van der Waals surface area contributed by atoms with Gasteiger partial charge in [0.2, 0.25) is 11.8 Å². The van der Waals surface area contributed by atoms with Crippen molar-refractivity contribution in [3.05, 3.63) is 23.3 Å². The monoisotopic (exact) mass is 289 g/mol. The van der Waals surface area contributed by atoms with E-state index in [-0.39, 0.29) is 24.9 Å². The molecule has 2 amide bonds. The van der Waals surface area contributed by atoms with Gasteiger partial charge in [0.25, 0.3) is 0 Å². The van der Waals surface area contributed by atoms with Crippen LogP contribution in [-0.4, -0.2) is 31.4 Å². The van der Waals surface area contributed by atoms with Gasteiger partial charge in [0.1, 0.15) is 6.54 Å². The molecule has 2 N–H and O–H groups in total. The molecule has 5 heteroatoms. The van der Waals surface area contributed by atoms with Crippen molar-refractivity contribution in [3.63, 3.8) is 0 Å². The Morgan fingerprint density at radius 2 is 2.05 bits per heavy atom. The number of carbonyl (C=O) groups is 2. The second kappa shape index (κ2) is 6.61. The Bertz CT molecular complexity index is 555. The van der Waals surface area contributed by atoms with Gasteiger partial charge in [-0.2, -0.15) is 0 Å². The zero-order valence-electron chi connectivity index (χ0n) is 13.0. The Morgan fingerprint density at radius 1 is 1.33 bits per heavy atom. The van der Waals surface area contributed by atoms with Crippen molar-refractivity contribution in [1.82, 2.24) is 5.32 Å². The average Bonchev–Trinajstić information content (AvgIpc) is 2.44. The van der Waals surface area contributed by atoms with E-state index in [2.05, 4.69) is 17.6 Å². The van der Waals surface area contributed by atoms with Gasteiger partial charge in [0.05, 0.1) is 17.9 Å². The fourth-order valence-corrected chi connectivity index (χ4v) is 2.34. The van der Waals surface area contributed by atoms with Gasteiger partial charge in [-0.25, -0.2) is 0 Å². The van der Waals surface area contributed by atoms with Crippen LogP contribution < -0.4 is 15.5 Å². The molecular weight excluding hydrogens is 266 g/mol. The summed E-state index contributed by atoms with van der Waals surface area (Å²) in [6.45, 7) is 7.10. The van der Waals surface area contributed by atoms with E-state index in [0.717, 1.165) is 29.8 Å². The Balaban J connectivity index is 2.15. The summed E-state index contributed by atoms with van der Waals surface area (Å²) in [7, 11) is 0. The van der Waals surface area contributed by atoms with Crippen molar-refractivity contribution in [3.8, 4) is 0 Å². The molecule has 1 aromatic carbocycles. The second-order valence-corrected chi connectivity index (χ2v) is 5.49. The maximum atomic E-state index is 12.1. The molecule has 1 aliphatic rings. The van der Waals surface area contributed by atoms with E-state index in [9.17, 15) is 9.59 Å². The number of anilines is 2. The molecule has 0 bridgehead atoms. The number of amides is 2. The molecule has 0 saturated carbocycles. The highest BCUT2D eigenvalue weighted by Crippen LogP contribution is 2.32. The van der Waals surface area contributed by atoms with Crippen LogP contribution in [0.1, 0.15) is 30.9 Å². The van der Waals surface area contributed by atoms with Crippen molar-refractivity contribution >= 4 is 23.2 Å². The molecule has 0 unspecified atom stereocenters. The van der Waals surface area contributed by atoms with Gasteiger partial charge in [-0.15, -0.1) is 0 Å². The fourth-order valence-electron chi connectivity index (χ4n) is 2.34. The number of benzene rings is 1. The average molecular weight is 289 g/mol. The van der Waals surface area contributed by atoms with E-state index in [1.54, 1.807) is 4.90 Å². The number of hydrogen-bond acceptors (Lipinski definition) is 3. The molecule has 5 nitrogen and oxygen atoms in total. The number of hydrogen-bond donors (Lipinski definition) is 2. The van der Waals surface area contributed by atoms with E-state index in [0.29, 0.717) is 6.54 Å². The second-order valence-electron chi connectivity index (χ2n) is 5.49. The third-order valence-electron chi connectivity index (χ3n) is 3.79. The molecule has 1 heterocycles. The first-order chi connectivity index (χ1) is 10.0. The van der Waals surface area contributed by atoms with Crippen LogP contribution in [-0.2, 0) is 9.59 Å². The molecule has 0 spiro atoms. The fraction of sp³-hybridized carbons (Fsp3) is 0.500. The number of carbonyl (C=O) groups excluding carboxylic acids is 2. The van der Waals surface area contributed by atoms with Crippen LogP contribution >= 0.6 is 0 Å². The molecule has 1 aromatic rings. The van der Waals surface area contributed by atoms with Crippen molar-refractivity contribution in [2.45, 2.75) is 33.6 Å². The highest BCUT2D eigenvalue weighted by atomic mass is 16.2. The molecule has 1 aliphatic heterocycles. The van der Waals surface area contributed by atoms with Crippen LogP contribution in [0.25, 0.3) is 0 Å². The Kier molecular flexibility index (Phi) is 4.83. The van der Waals surface area contributed by atoms with Crippen LogP contribution in [0.15, 0.2) is 12.1 Å². The summed E-state index contributed by atoms with van der Waals surface area (Å²) in [5, 5.41) is 5.97. The maximum absolute atomic E-state index is 12.1. The zero-order valence-corrected chi connectivity index (χ0v) is 13.0. The Morgan fingerprint density at radius 3 is 2.76 bits per heavy atom. The van der Waals surface area contributed by atoms with Crippen LogP contribution in [0.3, 0.4) is 0 Å². The summed E-state index contributed by atoms with van der Waals surface area (Å²) < 4.78 is 0. The molecule has 21 heavy (non-hydrogen) atoms. The predicted octanol–water partition coefficient (Wildman–Crippen LogP) is 1.98. The summed E-state index contributed by atoms with van der Waals surface area (Å²) in [6, 6.07) is 3.99. The molecule has 2 rings (SSSR count). The Hall–Kier alpha value is -2.04. The predicted molar refractivity (Wildman–Crippen MR) is 84.7 cm³/mol. The summed E-state index contributed by atoms with van der Waals surface area (Å²) in [6.07, 6.45) is 1.99. The molecular formula is C16H23N3O2. The molecule has 0 saturated heterocycles. The number of nitrogens with zero attached hydrogens (tertiary/aromatic N) is 1. The van der Waals surface area contributed by atoms with Gasteiger partial charge in [0, 0.05) is 6.54 Å². The first-order valence-electron chi connectivity index (χ1n) is 7.45. The number of fused-ring (bicyclic) bond motifs is 1. The van der Waals surface area contributed by atoms with Crippen LogP contribution in [0, 0.1) is 13.8 Å². The summed E-state index contributed by atoms with van der Waals surface area (Å²) in [5.74, 6) is -0.181. The van der Waals surface area contributed by atoms with Crippen LogP contribution in [0.2, 0.25) is 0 Å². The molecule has 0 fully saturated rings. The van der Waals surface area contributed by atoms with E-state index < -0.39 is 0 Å². The summed E-state index contributed by atoms with van der Waals surface area (Å²) in [5.41, 5.74) is 3.99. The quantitative estimate of drug-likeness (QED) is 0.815. The smallest absolute Gasteiger partial charge is 0.246 e. The minimum atomic E-state index is -0.108. The summed E-state index contributed by atoms with van der Waals surface area (Å²) in [4.78, 5) is 25.6. The first kappa shape index (κ1) is 15.4. The molecule has 0 aromatic heterocycles. The van der Waals surface area contributed by atoms with Gasteiger partial charge in [-0.1, -0.05) is 13.3 Å². The number of nitrogens with one attached hydrogen (secondary N) is 2. The van der Waals surface area contributed by atoms with Gasteiger partial charge >= 0.3 is 0 Å². The topological polar surface area (TPSA) is 61.4 Å². The lowest BCUT2D eigenvalue weighted by atomic mass is 10.1. The van der Waals surface area contributed by atoms with E-state index in [4.69, 9.17) is 0 Å². The van der Waals surface area contributed by atoms with Crippen molar-refractivity contribution < 1.29 is 9.59 Å². The van der Waals surface area contributed by atoms with Crippen molar-refractivity contribution in [1.29, 1.82) is 0 Å². The lowest BCUT2D eigenvalue weighted by Gasteiger charge is -2.30. The lowest BCUT2D eigenvalue weighted by molar-refractivity contribution is -0.123. The minimum Gasteiger partial charge on any atom is -0.374 e. The normalized spacial score (nSPS) is 13.7. The van der Waals surface area contributed by atoms with E-state index in [1.165, 1.54) is 5.56 Å². The highest BCUT2D eigenvalue weighted by molar-refractivity contribution is 6.06. The minimum absolute atomic E-state index is 0.0728. The first-order valence-corrected chi connectivity index (χ1v) is 7.45. The maximum Gasteiger partial charge on any atom is 0.246 e. The third kappa shape index (κ3) is 3.54. The van der Waals surface area contributed by atoms with Gasteiger partial charge in [-0.3, -0.25) is 14.5 Å². The van der Waals surface area contributed by atoms with Crippen LogP contribution in [0.5, 0.6) is 0 Å².